The van der Waals surface area contributed by atoms with E-state index in [-0.39, 0.29) is 5.91 Å². The number of nitrogens with one attached hydrogen (secondary N) is 2. The quantitative estimate of drug-likeness (QED) is 0.836. The summed E-state index contributed by atoms with van der Waals surface area (Å²) in [5, 5.41) is 6.01. The van der Waals surface area contributed by atoms with Gasteiger partial charge < -0.3 is 15.5 Å². The van der Waals surface area contributed by atoms with Gasteiger partial charge in [-0.15, -0.1) is 0 Å². The zero-order chi connectivity index (χ0) is 18.4. The van der Waals surface area contributed by atoms with Crippen molar-refractivity contribution in [3.63, 3.8) is 0 Å². The van der Waals surface area contributed by atoms with Gasteiger partial charge in [0, 0.05) is 39.3 Å². The van der Waals surface area contributed by atoms with Gasteiger partial charge >= 0.3 is 0 Å². The Balaban J connectivity index is 1.43. The smallest absolute Gasteiger partial charge is 0.224 e. The standard InChI is InChI=1S/C20H27N5O/c1-15-3-5-17(6-4-15)14-23-19(26)13-16-8-11-25(12-9-16)18-7-10-22-20(21-2)24-18/h3-7,10,16H,8-9,11-14H2,1-2H3,(H,23,26)(H,21,22,24). The number of aryl methyl sites for hydroxylation is 1. The first-order valence-electron chi connectivity index (χ1n) is 9.22. The zero-order valence-electron chi connectivity index (χ0n) is 15.5. The monoisotopic (exact) mass is 353 g/mol. The molecule has 0 bridgehead atoms. The lowest BCUT2D eigenvalue weighted by molar-refractivity contribution is -0.122. The molecule has 6 nitrogen and oxygen atoms in total. The number of rotatable bonds is 6. The van der Waals surface area contributed by atoms with E-state index in [4.69, 9.17) is 0 Å². The number of nitrogens with zero attached hydrogens (tertiary/aromatic N) is 3. The third-order valence-electron chi connectivity index (χ3n) is 4.89. The van der Waals surface area contributed by atoms with Gasteiger partial charge in [-0.1, -0.05) is 29.8 Å². The number of anilines is 2. The maximum atomic E-state index is 12.2. The van der Waals surface area contributed by atoms with E-state index in [0.29, 0.717) is 24.8 Å². The van der Waals surface area contributed by atoms with Gasteiger partial charge in [0.25, 0.3) is 0 Å². The molecule has 1 aromatic carbocycles. The Morgan fingerprint density at radius 3 is 2.62 bits per heavy atom. The van der Waals surface area contributed by atoms with Gasteiger partial charge in [-0.25, -0.2) is 4.98 Å². The summed E-state index contributed by atoms with van der Waals surface area (Å²) in [5.74, 6) is 2.17. The summed E-state index contributed by atoms with van der Waals surface area (Å²) < 4.78 is 0. The Morgan fingerprint density at radius 2 is 1.92 bits per heavy atom. The van der Waals surface area contributed by atoms with Crippen LogP contribution in [-0.2, 0) is 11.3 Å². The number of hydrogen-bond donors (Lipinski definition) is 2. The van der Waals surface area contributed by atoms with Crippen LogP contribution in [0.15, 0.2) is 36.5 Å². The van der Waals surface area contributed by atoms with Crippen LogP contribution in [0, 0.1) is 12.8 Å². The molecule has 1 saturated heterocycles. The maximum absolute atomic E-state index is 12.2. The van der Waals surface area contributed by atoms with Gasteiger partial charge in [0.2, 0.25) is 11.9 Å². The number of aromatic nitrogens is 2. The highest BCUT2D eigenvalue weighted by Gasteiger charge is 2.22. The molecule has 1 aromatic heterocycles. The minimum Gasteiger partial charge on any atom is -0.357 e. The van der Waals surface area contributed by atoms with Crippen molar-refractivity contribution in [2.45, 2.75) is 32.7 Å². The van der Waals surface area contributed by atoms with Crippen molar-refractivity contribution < 1.29 is 4.79 Å². The van der Waals surface area contributed by atoms with Crippen LogP contribution in [0.5, 0.6) is 0 Å². The van der Waals surface area contributed by atoms with E-state index in [1.807, 2.05) is 13.1 Å². The van der Waals surface area contributed by atoms with Crippen LogP contribution in [0.3, 0.4) is 0 Å². The largest absolute Gasteiger partial charge is 0.357 e. The molecule has 0 unspecified atom stereocenters. The van der Waals surface area contributed by atoms with E-state index < -0.39 is 0 Å². The first-order valence-corrected chi connectivity index (χ1v) is 9.22. The molecule has 1 fully saturated rings. The SMILES string of the molecule is CNc1nccc(N2CCC(CC(=O)NCc3ccc(C)cc3)CC2)n1. The highest BCUT2D eigenvalue weighted by molar-refractivity contribution is 5.76. The van der Waals surface area contributed by atoms with Crippen LogP contribution >= 0.6 is 0 Å². The van der Waals surface area contributed by atoms with E-state index in [9.17, 15) is 4.79 Å². The molecule has 1 amide bonds. The van der Waals surface area contributed by atoms with Crippen LogP contribution in [0.25, 0.3) is 0 Å². The second kappa shape index (κ2) is 8.65. The minimum atomic E-state index is 0.142. The topological polar surface area (TPSA) is 70.2 Å². The number of carbonyl (C=O) groups is 1. The van der Waals surface area contributed by atoms with Crippen molar-refractivity contribution >= 4 is 17.7 Å². The molecule has 1 aliphatic heterocycles. The summed E-state index contributed by atoms with van der Waals surface area (Å²) in [6.45, 7) is 4.52. The van der Waals surface area contributed by atoms with Gasteiger partial charge in [0.05, 0.1) is 0 Å². The average Bonchev–Trinajstić information content (AvgIpc) is 2.68. The molecule has 0 radical (unpaired) electrons. The Kier molecular flexibility index (Phi) is 6.04. The van der Waals surface area contributed by atoms with Crippen molar-refractivity contribution in [2.75, 3.05) is 30.4 Å². The fourth-order valence-corrected chi connectivity index (χ4v) is 3.25. The molecule has 2 N–H and O–H groups in total. The van der Waals surface area contributed by atoms with Crippen molar-refractivity contribution in [3.8, 4) is 0 Å². The second-order valence-electron chi connectivity index (χ2n) is 6.89. The van der Waals surface area contributed by atoms with Gasteiger partial charge in [-0.3, -0.25) is 4.79 Å². The van der Waals surface area contributed by atoms with Crippen molar-refractivity contribution in [2.24, 2.45) is 5.92 Å². The van der Waals surface area contributed by atoms with Crippen molar-refractivity contribution in [3.05, 3.63) is 47.7 Å². The van der Waals surface area contributed by atoms with E-state index in [1.54, 1.807) is 6.20 Å². The van der Waals surface area contributed by atoms with Crippen LogP contribution < -0.4 is 15.5 Å². The molecule has 1 aliphatic rings. The molecule has 138 valence electrons. The molecular formula is C20H27N5O. The highest BCUT2D eigenvalue weighted by Crippen LogP contribution is 2.24. The van der Waals surface area contributed by atoms with Crippen molar-refractivity contribution in [1.82, 2.24) is 15.3 Å². The van der Waals surface area contributed by atoms with Crippen LogP contribution in [0.4, 0.5) is 11.8 Å². The maximum Gasteiger partial charge on any atom is 0.224 e. The van der Waals surface area contributed by atoms with Gasteiger partial charge in [0.15, 0.2) is 0 Å². The predicted molar refractivity (Wildman–Crippen MR) is 104 cm³/mol. The molecule has 0 saturated carbocycles. The Bertz CT molecular complexity index is 723. The van der Waals surface area contributed by atoms with E-state index in [1.165, 1.54) is 5.56 Å². The first-order chi connectivity index (χ1) is 12.6. The zero-order valence-corrected chi connectivity index (χ0v) is 15.5. The van der Waals surface area contributed by atoms with E-state index in [2.05, 4.69) is 56.7 Å². The molecule has 0 aliphatic carbocycles. The van der Waals surface area contributed by atoms with Crippen LogP contribution in [0.2, 0.25) is 0 Å². The molecule has 26 heavy (non-hydrogen) atoms. The summed E-state index contributed by atoms with van der Waals surface area (Å²) >= 11 is 0. The first kappa shape index (κ1) is 18.2. The van der Waals surface area contributed by atoms with E-state index in [0.717, 1.165) is 37.3 Å². The fourth-order valence-electron chi connectivity index (χ4n) is 3.25. The van der Waals surface area contributed by atoms with E-state index >= 15 is 0 Å². The molecule has 0 atom stereocenters. The molecule has 3 rings (SSSR count). The summed E-state index contributed by atoms with van der Waals surface area (Å²) in [5.41, 5.74) is 2.38. The summed E-state index contributed by atoms with van der Waals surface area (Å²) in [6.07, 6.45) is 4.40. The normalized spacial score (nSPS) is 14.9. The summed E-state index contributed by atoms with van der Waals surface area (Å²) in [6, 6.07) is 10.2. The predicted octanol–water partition coefficient (Wildman–Crippen LogP) is 2.75. The lowest BCUT2D eigenvalue weighted by atomic mass is 9.93. The third-order valence-corrected chi connectivity index (χ3v) is 4.89. The fraction of sp³-hybridized carbons (Fsp3) is 0.450. The number of piperidine rings is 1. The Hall–Kier alpha value is -2.63. The number of carbonyl (C=O) groups excluding carboxylic acids is 1. The van der Waals surface area contributed by atoms with Crippen LogP contribution in [0.1, 0.15) is 30.4 Å². The molecular weight excluding hydrogens is 326 g/mol. The van der Waals surface area contributed by atoms with Crippen molar-refractivity contribution in [1.29, 1.82) is 0 Å². The van der Waals surface area contributed by atoms with Gasteiger partial charge in [-0.05, 0) is 37.3 Å². The van der Waals surface area contributed by atoms with Crippen LogP contribution in [-0.4, -0.2) is 36.0 Å². The highest BCUT2D eigenvalue weighted by atomic mass is 16.1. The van der Waals surface area contributed by atoms with Gasteiger partial charge in [-0.2, -0.15) is 4.98 Å². The third kappa shape index (κ3) is 4.94. The average molecular weight is 353 g/mol. The Labute approximate surface area is 155 Å². The molecule has 0 spiro atoms. The van der Waals surface area contributed by atoms with Gasteiger partial charge in [0.1, 0.15) is 5.82 Å². The number of hydrogen-bond acceptors (Lipinski definition) is 5. The number of amides is 1. The number of benzene rings is 1. The summed E-state index contributed by atoms with van der Waals surface area (Å²) in [7, 11) is 1.82. The molecule has 2 heterocycles. The molecule has 6 heteroatoms. The minimum absolute atomic E-state index is 0.142. The second-order valence-corrected chi connectivity index (χ2v) is 6.89. The lowest BCUT2D eigenvalue weighted by Gasteiger charge is -2.32. The lowest BCUT2D eigenvalue weighted by Crippen LogP contribution is -2.36. The Morgan fingerprint density at radius 1 is 1.19 bits per heavy atom. The summed E-state index contributed by atoms with van der Waals surface area (Å²) in [4.78, 5) is 23.1. The molecule has 2 aromatic rings.